The van der Waals surface area contributed by atoms with Crippen LogP contribution in [0.3, 0.4) is 0 Å². The molecule has 0 unspecified atom stereocenters. The Labute approximate surface area is 197 Å². The van der Waals surface area contributed by atoms with Crippen molar-refractivity contribution in [1.82, 2.24) is 23.9 Å². The maximum absolute atomic E-state index is 10.8. The van der Waals surface area contributed by atoms with Gasteiger partial charge in [0.15, 0.2) is 0 Å². The minimum absolute atomic E-state index is 0.396. The molecule has 1 aliphatic rings. The number of aromatic nitrogens is 5. The summed E-state index contributed by atoms with van der Waals surface area (Å²) in [7, 11) is 0. The highest BCUT2D eigenvalue weighted by atomic mass is 79.9. The smallest absolute Gasteiger partial charge is 0.148 e. The fraction of sp³-hybridized carbons (Fsp3) is 0.208. The normalized spacial score (nSPS) is 20.8. The predicted molar refractivity (Wildman–Crippen MR) is 130 cm³/mol. The van der Waals surface area contributed by atoms with Gasteiger partial charge >= 0.3 is 0 Å². The first-order valence-corrected chi connectivity index (χ1v) is 11.5. The predicted octanol–water partition coefficient (Wildman–Crippen LogP) is 3.41. The number of nitrogens with two attached hydrogens (primary N) is 1. The number of rotatable bonds is 4. The molecule has 0 bridgehead atoms. The van der Waals surface area contributed by atoms with Crippen molar-refractivity contribution in [3.05, 3.63) is 76.9 Å². The maximum Gasteiger partial charge on any atom is 0.148 e. The van der Waals surface area contributed by atoms with Crippen LogP contribution in [0.4, 0.5) is 5.82 Å². The largest absolute Gasteiger partial charge is 0.388 e. The van der Waals surface area contributed by atoms with E-state index in [1.165, 1.54) is 0 Å². The van der Waals surface area contributed by atoms with Gasteiger partial charge in [-0.15, -0.1) is 0 Å². The Morgan fingerprint density at radius 2 is 1.91 bits per heavy atom. The van der Waals surface area contributed by atoms with Gasteiger partial charge in [0.2, 0.25) is 0 Å². The second kappa shape index (κ2) is 7.65. The molecule has 5 aromatic rings. The first-order chi connectivity index (χ1) is 16.0. The van der Waals surface area contributed by atoms with Crippen molar-refractivity contribution in [2.75, 3.05) is 5.73 Å². The van der Waals surface area contributed by atoms with Crippen LogP contribution in [0.15, 0.2) is 71.4 Å². The van der Waals surface area contributed by atoms with Crippen LogP contribution in [0.5, 0.6) is 0 Å². The molecule has 1 aliphatic carbocycles. The Morgan fingerprint density at radius 1 is 1.03 bits per heavy atom. The number of hydrogen-bond acceptors (Lipinski definition) is 6. The van der Waals surface area contributed by atoms with E-state index in [9.17, 15) is 10.2 Å². The Balaban J connectivity index is 1.28. The number of nitrogen functional groups attached to an aromatic ring is 1. The maximum atomic E-state index is 10.8. The quantitative estimate of drug-likeness (QED) is 0.323. The van der Waals surface area contributed by atoms with Crippen molar-refractivity contribution < 1.29 is 10.2 Å². The zero-order valence-electron chi connectivity index (χ0n) is 17.5. The zero-order valence-corrected chi connectivity index (χ0v) is 19.1. The van der Waals surface area contributed by atoms with Crippen LogP contribution in [0, 0.1) is 0 Å². The topological polar surface area (TPSA) is 114 Å². The van der Waals surface area contributed by atoms with Crippen LogP contribution in [0.25, 0.3) is 27.6 Å². The van der Waals surface area contributed by atoms with Crippen molar-refractivity contribution in [2.45, 2.75) is 31.1 Å². The van der Waals surface area contributed by atoms with E-state index in [4.69, 9.17) is 5.73 Å². The van der Waals surface area contributed by atoms with Gasteiger partial charge in [0.05, 0.1) is 21.4 Å². The number of aliphatic hydroxyl groups is 2. The fourth-order valence-corrected chi connectivity index (χ4v) is 5.00. The van der Waals surface area contributed by atoms with Crippen molar-refractivity contribution >= 4 is 49.3 Å². The molecule has 4 heterocycles. The van der Waals surface area contributed by atoms with E-state index in [0.717, 1.165) is 49.6 Å². The molecule has 1 aromatic carbocycles. The lowest BCUT2D eigenvalue weighted by Crippen LogP contribution is -2.29. The van der Waals surface area contributed by atoms with Crippen LogP contribution < -0.4 is 5.73 Å². The van der Waals surface area contributed by atoms with Crippen LogP contribution in [-0.2, 0) is 6.42 Å². The number of pyridine rings is 1. The summed E-state index contributed by atoms with van der Waals surface area (Å²) in [6.07, 6.45) is 8.62. The first-order valence-electron chi connectivity index (χ1n) is 10.7. The number of aryl methyl sites for hydroxylation is 1. The SMILES string of the molecule is Nc1nc2cc(CCC3=C[C@@H](n4ccc5c4ncn4ccnc54)[C@H](O)[C@@H]3O)ccc2cc1Br. The molecule has 3 atom stereocenters. The van der Waals surface area contributed by atoms with E-state index in [2.05, 4.69) is 36.9 Å². The lowest BCUT2D eigenvalue weighted by Gasteiger charge is -2.19. The van der Waals surface area contributed by atoms with Crippen molar-refractivity contribution in [1.29, 1.82) is 0 Å². The van der Waals surface area contributed by atoms with Gasteiger partial charge in [0, 0.05) is 24.0 Å². The molecule has 0 saturated carbocycles. The van der Waals surface area contributed by atoms with E-state index in [-0.39, 0.29) is 0 Å². The zero-order chi connectivity index (χ0) is 22.7. The highest BCUT2D eigenvalue weighted by Gasteiger charge is 2.36. The molecule has 166 valence electrons. The first kappa shape index (κ1) is 20.3. The standard InChI is InChI=1S/C24H21BrN6O2/c25-17-10-14-3-1-13(9-18(14)29-22(17)26)2-4-15-11-19(21(33)20(15)32)31-7-5-16-23-27-6-8-30(23)12-28-24(16)31/h1,3,5-12,19-21,32-33H,2,4H2,(H2,26,29)/t19-,20-,21+/m1/s1. The third-order valence-corrected chi connectivity index (χ3v) is 7.06. The number of benzene rings is 1. The molecule has 0 spiro atoms. The van der Waals surface area contributed by atoms with Gasteiger partial charge in [-0.05, 0) is 58.1 Å². The van der Waals surface area contributed by atoms with E-state index in [0.29, 0.717) is 12.2 Å². The summed E-state index contributed by atoms with van der Waals surface area (Å²) in [6.45, 7) is 0. The molecule has 4 N–H and O–H groups in total. The number of anilines is 1. The van der Waals surface area contributed by atoms with Gasteiger partial charge in [0.1, 0.15) is 35.6 Å². The summed E-state index contributed by atoms with van der Waals surface area (Å²) in [5.74, 6) is 0.458. The van der Waals surface area contributed by atoms with E-state index in [1.807, 2.05) is 51.7 Å². The monoisotopic (exact) mass is 504 g/mol. The summed E-state index contributed by atoms with van der Waals surface area (Å²) >= 11 is 3.41. The fourth-order valence-electron chi connectivity index (χ4n) is 4.67. The summed E-state index contributed by atoms with van der Waals surface area (Å²) in [5.41, 5.74) is 10.2. The van der Waals surface area contributed by atoms with Gasteiger partial charge in [-0.1, -0.05) is 18.2 Å². The summed E-state index contributed by atoms with van der Waals surface area (Å²) in [4.78, 5) is 13.4. The van der Waals surface area contributed by atoms with Gasteiger partial charge < -0.3 is 20.5 Å². The molecular weight excluding hydrogens is 484 g/mol. The van der Waals surface area contributed by atoms with Gasteiger partial charge in [-0.25, -0.2) is 15.0 Å². The van der Waals surface area contributed by atoms with Crippen molar-refractivity contribution in [3.63, 3.8) is 0 Å². The third kappa shape index (κ3) is 3.31. The molecular formula is C24H21BrN6O2. The van der Waals surface area contributed by atoms with Gasteiger partial charge in [-0.3, -0.25) is 4.40 Å². The van der Waals surface area contributed by atoms with Crippen LogP contribution in [0.2, 0.25) is 0 Å². The molecule has 0 aliphatic heterocycles. The lowest BCUT2D eigenvalue weighted by atomic mass is 10.0. The Morgan fingerprint density at radius 3 is 2.79 bits per heavy atom. The van der Waals surface area contributed by atoms with Gasteiger partial charge in [0.25, 0.3) is 0 Å². The average molecular weight is 505 g/mol. The van der Waals surface area contributed by atoms with Crippen LogP contribution in [-0.4, -0.2) is 46.3 Å². The molecule has 0 saturated heterocycles. The Hall–Kier alpha value is -3.27. The Bertz CT molecular complexity index is 1560. The highest BCUT2D eigenvalue weighted by Crippen LogP contribution is 2.35. The van der Waals surface area contributed by atoms with Crippen molar-refractivity contribution in [3.8, 4) is 0 Å². The number of fused-ring (bicyclic) bond motifs is 4. The van der Waals surface area contributed by atoms with E-state index in [1.54, 1.807) is 12.5 Å². The molecule has 33 heavy (non-hydrogen) atoms. The molecule has 6 rings (SSSR count). The molecule has 4 aromatic heterocycles. The minimum atomic E-state index is -0.941. The molecule has 0 amide bonds. The summed E-state index contributed by atoms with van der Waals surface area (Å²) < 4.78 is 4.55. The number of halogens is 1. The number of aliphatic hydroxyl groups excluding tert-OH is 2. The lowest BCUT2D eigenvalue weighted by molar-refractivity contribution is 0.0317. The number of hydrogen-bond donors (Lipinski definition) is 3. The second-order valence-corrected chi connectivity index (χ2v) is 9.27. The van der Waals surface area contributed by atoms with Crippen molar-refractivity contribution in [2.24, 2.45) is 0 Å². The number of nitrogens with zero attached hydrogens (tertiary/aromatic N) is 5. The van der Waals surface area contributed by atoms with Crippen LogP contribution >= 0.6 is 15.9 Å². The molecule has 0 radical (unpaired) electrons. The van der Waals surface area contributed by atoms with Gasteiger partial charge in [-0.2, -0.15) is 0 Å². The van der Waals surface area contributed by atoms with E-state index >= 15 is 0 Å². The molecule has 0 fully saturated rings. The molecule has 8 nitrogen and oxygen atoms in total. The summed E-state index contributed by atoms with van der Waals surface area (Å²) in [6, 6.07) is 9.61. The van der Waals surface area contributed by atoms with Crippen LogP contribution in [0.1, 0.15) is 18.0 Å². The molecule has 9 heteroatoms. The second-order valence-electron chi connectivity index (χ2n) is 8.41. The Kier molecular flexibility index (Phi) is 4.72. The number of imidazole rings is 1. The summed E-state index contributed by atoms with van der Waals surface area (Å²) in [5, 5.41) is 23.5. The van der Waals surface area contributed by atoms with E-state index < -0.39 is 18.2 Å². The average Bonchev–Trinajstić information content (AvgIpc) is 3.51. The highest BCUT2D eigenvalue weighted by molar-refractivity contribution is 9.10. The minimum Gasteiger partial charge on any atom is -0.388 e. The third-order valence-electron chi connectivity index (χ3n) is 6.43.